The fourth-order valence-electron chi connectivity index (χ4n) is 1.61. The highest BCUT2D eigenvalue weighted by atomic mass is 15.2. The number of nitrogens with zero attached hydrogens (tertiary/aromatic N) is 3. The maximum absolute atomic E-state index is 4.70. The summed E-state index contributed by atoms with van der Waals surface area (Å²) in [6.07, 6.45) is 0. The Labute approximate surface area is 104 Å². The predicted molar refractivity (Wildman–Crippen MR) is 74.0 cm³/mol. The Morgan fingerprint density at radius 1 is 1.24 bits per heavy atom. The monoisotopic (exact) mass is 236 g/mol. The molecule has 1 N–H and O–H groups in total. The van der Waals surface area contributed by atoms with Crippen LogP contribution in [-0.2, 0) is 5.41 Å². The van der Waals surface area contributed by atoms with Crippen molar-refractivity contribution in [3.63, 3.8) is 0 Å². The summed E-state index contributed by atoms with van der Waals surface area (Å²) in [5, 5.41) is 3.15. The van der Waals surface area contributed by atoms with Crippen molar-refractivity contribution in [2.45, 2.75) is 40.0 Å². The van der Waals surface area contributed by atoms with Gasteiger partial charge in [-0.3, -0.25) is 0 Å². The van der Waals surface area contributed by atoms with Gasteiger partial charge in [0.25, 0.3) is 0 Å². The molecule has 1 aromatic rings. The molecular formula is C13H24N4. The molecule has 0 spiro atoms. The summed E-state index contributed by atoms with van der Waals surface area (Å²) in [6.45, 7) is 11.5. The molecule has 0 aliphatic carbocycles. The van der Waals surface area contributed by atoms with E-state index < -0.39 is 0 Å². The van der Waals surface area contributed by atoms with Crippen LogP contribution in [0.25, 0.3) is 0 Å². The van der Waals surface area contributed by atoms with Crippen LogP contribution < -0.4 is 10.2 Å². The highest BCUT2D eigenvalue weighted by molar-refractivity contribution is 5.58. The molecule has 0 amide bonds. The van der Waals surface area contributed by atoms with Crippen LogP contribution in [0.2, 0.25) is 0 Å². The first kappa shape index (κ1) is 13.7. The Morgan fingerprint density at radius 3 is 2.24 bits per heavy atom. The minimum absolute atomic E-state index is 0.0391. The third-order valence-electron chi connectivity index (χ3n) is 2.86. The first-order chi connectivity index (χ1) is 7.81. The smallest absolute Gasteiger partial charge is 0.138 e. The largest absolute Gasteiger partial charge is 0.373 e. The number of anilines is 2. The zero-order chi connectivity index (χ0) is 13.2. The van der Waals surface area contributed by atoms with Crippen molar-refractivity contribution in [2.24, 2.45) is 0 Å². The predicted octanol–water partition coefficient (Wildman–Crippen LogP) is 2.58. The summed E-state index contributed by atoms with van der Waals surface area (Å²) in [6, 6.07) is 0. The standard InChI is InChI=1S/C13H24N4/c1-8-17(7)11-9(2)10(14-6)15-12(16-11)13(3,4)5/h8H2,1-7H3,(H,14,15,16). The van der Waals surface area contributed by atoms with E-state index in [1.807, 2.05) is 7.05 Å². The zero-order valence-corrected chi connectivity index (χ0v) is 12.0. The number of nitrogens with one attached hydrogen (secondary N) is 1. The van der Waals surface area contributed by atoms with Crippen LogP contribution in [0.15, 0.2) is 0 Å². The lowest BCUT2D eigenvalue weighted by molar-refractivity contribution is 0.545. The van der Waals surface area contributed by atoms with Gasteiger partial charge < -0.3 is 10.2 Å². The summed E-state index contributed by atoms with van der Waals surface area (Å²) in [5.74, 6) is 2.81. The Balaban J connectivity index is 3.39. The maximum atomic E-state index is 4.70. The van der Waals surface area contributed by atoms with E-state index in [2.05, 4.69) is 56.9 Å². The second-order valence-corrected chi connectivity index (χ2v) is 5.36. The van der Waals surface area contributed by atoms with E-state index in [4.69, 9.17) is 4.98 Å². The van der Waals surface area contributed by atoms with Gasteiger partial charge in [0.05, 0.1) is 0 Å². The molecule has 0 aliphatic rings. The van der Waals surface area contributed by atoms with Gasteiger partial charge in [0, 0.05) is 31.6 Å². The van der Waals surface area contributed by atoms with Crippen molar-refractivity contribution in [3.8, 4) is 0 Å². The van der Waals surface area contributed by atoms with Gasteiger partial charge in [-0.05, 0) is 13.8 Å². The van der Waals surface area contributed by atoms with Gasteiger partial charge >= 0.3 is 0 Å². The SMILES string of the molecule is CCN(C)c1nc(C(C)(C)C)nc(NC)c1C. The summed E-state index contributed by atoms with van der Waals surface area (Å²) < 4.78 is 0. The van der Waals surface area contributed by atoms with Crippen LogP contribution in [0, 0.1) is 6.92 Å². The van der Waals surface area contributed by atoms with E-state index in [-0.39, 0.29) is 5.41 Å². The van der Waals surface area contributed by atoms with Gasteiger partial charge in [0.1, 0.15) is 17.5 Å². The summed E-state index contributed by atoms with van der Waals surface area (Å²) in [4.78, 5) is 11.4. The minimum atomic E-state index is -0.0391. The van der Waals surface area contributed by atoms with Crippen molar-refractivity contribution in [3.05, 3.63) is 11.4 Å². The zero-order valence-electron chi connectivity index (χ0n) is 12.0. The third kappa shape index (κ3) is 2.87. The van der Waals surface area contributed by atoms with Crippen LogP contribution in [0.3, 0.4) is 0 Å². The molecule has 0 unspecified atom stereocenters. The van der Waals surface area contributed by atoms with Crippen LogP contribution in [0.5, 0.6) is 0 Å². The molecule has 0 atom stereocenters. The average molecular weight is 236 g/mol. The molecule has 0 fully saturated rings. The van der Waals surface area contributed by atoms with E-state index in [1.54, 1.807) is 0 Å². The second-order valence-electron chi connectivity index (χ2n) is 5.36. The van der Waals surface area contributed by atoms with E-state index in [0.717, 1.165) is 29.6 Å². The maximum Gasteiger partial charge on any atom is 0.138 e. The molecule has 0 bridgehead atoms. The molecule has 96 valence electrons. The lowest BCUT2D eigenvalue weighted by Gasteiger charge is -2.24. The molecule has 17 heavy (non-hydrogen) atoms. The molecule has 1 rings (SSSR count). The van der Waals surface area contributed by atoms with Gasteiger partial charge in [-0.1, -0.05) is 20.8 Å². The molecule has 0 aliphatic heterocycles. The van der Waals surface area contributed by atoms with Crippen LogP contribution in [0.1, 0.15) is 39.1 Å². The molecular weight excluding hydrogens is 212 g/mol. The number of rotatable bonds is 3. The van der Waals surface area contributed by atoms with Gasteiger partial charge in [-0.15, -0.1) is 0 Å². The summed E-state index contributed by atoms with van der Waals surface area (Å²) in [5.41, 5.74) is 1.06. The first-order valence-electron chi connectivity index (χ1n) is 6.09. The molecule has 4 heteroatoms. The molecule has 0 radical (unpaired) electrons. The van der Waals surface area contributed by atoms with Gasteiger partial charge in [-0.25, -0.2) is 9.97 Å². The lowest BCUT2D eigenvalue weighted by atomic mass is 9.95. The lowest BCUT2D eigenvalue weighted by Crippen LogP contribution is -2.24. The van der Waals surface area contributed by atoms with Gasteiger partial charge in [0.2, 0.25) is 0 Å². The van der Waals surface area contributed by atoms with E-state index in [0.29, 0.717) is 0 Å². The Bertz CT molecular complexity index is 393. The Kier molecular flexibility index (Phi) is 3.96. The molecule has 1 heterocycles. The molecule has 0 aromatic carbocycles. The van der Waals surface area contributed by atoms with E-state index in [9.17, 15) is 0 Å². The van der Waals surface area contributed by atoms with E-state index in [1.165, 1.54) is 0 Å². The van der Waals surface area contributed by atoms with E-state index >= 15 is 0 Å². The normalized spacial score (nSPS) is 11.5. The van der Waals surface area contributed by atoms with Crippen molar-refractivity contribution in [1.82, 2.24) is 9.97 Å². The topological polar surface area (TPSA) is 41.1 Å². The minimum Gasteiger partial charge on any atom is -0.373 e. The third-order valence-corrected chi connectivity index (χ3v) is 2.86. The number of hydrogen-bond acceptors (Lipinski definition) is 4. The van der Waals surface area contributed by atoms with Gasteiger partial charge in [0.15, 0.2) is 0 Å². The number of hydrogen-bond donors (Lipinski definition) is 1. The molecule has 4 nitrogen and oxygen atoms in total. The Morgan fingerprint density at radius 2 is 1.82 bits per heavy atom. The van der Waals surface area contributed by atoms with Crippen molar-refractivity contribution < 1.29 is 0 Å². The molecule has 1 aromatic heterocycles. The fraction of sp³-hybridized carbons (Fsp3) is 0.692. The summed E-state index contributed by atoms with van der Waals surface area (Å²) in [7, 11) is 3.96. The van der Waals surface area contributed by atoms with Crippen molar-refractivity contribution in [2.75, 3.05) is 30.9 Å². The fourth-order valence-corrected chi connectivity index (χ4v) is 1.61. The average Bonchev–Trinajstić information content (AvgIpc) is 2.26. The first-order valence-corrected chi connectivity index (χ1v) is 6.09. The highest BCUT2D eigenvalue weighted by Gasteiger charge is 2.21. The quantitative estimate of drug-likeness (QED) is 0.875. The Hall–Kier alpha value is -1.32. The number of aromatic nitrogens is 2. The van der Waals surface area contributed by atoms with Crippen LogP contribution >= 0.6 is 0 Å². The molecule has 0 saturated heterocycles. The van der Waals surface area contributed by atoms with Crippen LogP contribution in [0.4, 0.5) is 11.6 Å². The summed E-state index contributed by atoms with van der Waals surface area (Å²) >= 11 is 0. The highest BCUT2D eigenvalue weighted by Crippen LogP contribution is 2.27. The molecule has 0 saturated carbocycles. The van der Waals surface area contributed by atoms with Crippen LogP contribution in [-0.4, -0.2) is 30.6 Å². The van der Waals surface area contributed by atoms with Crippen molar-refractivity contribution >= 4 is 11.6 Å². The van der Waals surface area contributed by atoms with Crippen molar-refractivity contribution in [1.29, 1.82) is 0 Å². The second kappa shape index (κ2) is 4.90. The van der Waals surface area contributed by atoms with Gasteiger partial charge in [-0.2, -0.15) is 0 Å².